The van der Waals surface area contributed by atoms with Crippen LogP contribution in [0.15, 0.2) is 0 Å². The summed E-state index contributed by atoms with van der Waals surface area (Å²) in [5.41, 5.74) is 16.4. The van der Waals surface area contributed by atoms with Gasteiger partial charge < -0.3 is 81.6 Å². The Kier molecular flexibility index (Phi) is 19.8. The molecule has 3 amide bonds. The van der Waals surface area contributed by atoms with Crippen LogP contribution in [0.1, 0.15) is 26.7 Å². The summed E-state index contributed by atoms with van der Waals surface area (Å²) in [5, 5.41) is 41.1. The maximum absolute atomic E-state index is 12.5. The van der Waals surface area contributed by atoms with Crippen molar-refractivity contribution in [3.05, 3.63) is 0 Å². The van der Waals surface area contributed by atoms with Crippen LogP contribution in [0.4, 0.5) is 0 Å². The second kappa shape index (κ2) is 22.6. The summed E-state index contributed by atoms with van der Waals surface area (Å²) < 4.78 is 40.5. The van der Waals surface area contributed by atoms with Crippen molar-refractivity contribution in [2.75, 3.05) is 72.8 Å². The standard InChI is InChI=1S/C29H56N6O13/c1-16(2)46-29-24(40)26(43-14-21(37)34-10-7-31)17(4-5-20(36)33-9-6-30)18(47-29)13-45-28-25(41)27(23(39)19(48-28)12-42-3)44-15-22(38)35-11-8-32/h16-19,23-29,39-41H,4-15,30-32H2,1-3H3,(H,33,36)(H,34,37)(H,35,38)/t17-,18-,19-,23-,24-,25-,26+,27+,28+,29+/m1/s1. The van der Waals surface area contributed by atoms with E-state index in [1.165, 1.54) is 7.11 Å². The van der Waals surface area contributed by atoms with Gasteiger partial charge in [0, 0.05) is 58.7 Å². The molecule has 19 heteroatoms. The van der Waals surface area contributed by atoms with Crippen molar-refractivity contribution in [1.82, 2.24) is 16.0 Å². The minimum atomic E-state index is -1.56. The third-order valence-corrected chi connectivity index (χ3v) is 7.55. The van der Waals surface area contributed by atoms with Gasteiger partial charge in [0.1, 0.15) is 43.7 Å². The van der Waals surface area contributed by atoms with E-state index in [2.05, 4.69) is 16.0 Å². The number of carbonyl (C=O) groups excluding carboxylic acids is 3. The largest absolute Gasteiger partial charge is 0.387 e. The highest BCUT2D eigenvalue weighted by atomic mass is 16.7. The van der Waals surface area contributed by atoms with E-state index in [-0.39, 0.29) is 77.3 Å². The van der Waals surface area contributed by atoms with Gasteiger partial charge in [0.05, 0.1) is 31.5 Å². The molecule has 0 spiro atoms. The van der Waals surface area contributed by atoms with Crippen LogP contribution in [0, 0.1) is 5.92 Å². The van der Waals surface area contributed by atoms with Gasteiger partial charge in [0.15, 0.2) is 12.6 Å². The van der Waals surface area contributed by atoms with Gasteiger partial charge in [0.2, 0.25) is 17.7 Å². The maximum atomic E-state index is 12.5. The number of hydrogen-bond acceptors (Lipinski definition) is 16. The van der Waals surface area contributed by atoms with Gasteiger partial charge in [-0.25, -0.2) is 0 Å². The Morgan fingerprint density at radius 1 is 0.708 bits per heavy atom. The van der Waals surface area contributed by atoms with E-state index >= 15 is 0 Å². The normalized spacial score (nSPS) is 30.6. The summed E-state index contributed by atoms with van der Waals surface area (Å²) >= 11 is 0. The molecule has 0 saturated carbocycles. The summed E-state index contributed by atoms with van der Waals surface area (Å²) in [6.45, 7) is 3.63. The second-order valence-corrected chi connectivity index (χ2v) is 11.7. The topological polar surface area (TPSA) is 291 Å². The number of carbonyl (C=O) groups is 3. The Morgan fingerprint density at radius 2 is 1.23 bits per heavy atom. The van der Waals surface area contributed by atoms with Crippen molar-refractivity contribution >= 4 is 17.7 Å². The van der Waals surface area contributed by atoms with E-state index in [9.17, 15) is 29.7 Å². The van der Waals surface area contributed by atoms with E-state index < -0.39 is 86.3 Å². The van der Waals surface area contributed by atoms with E-state index in [0.717, 1.165) is 0 Å². The van der Waals surface area contributed by atoms with Crippen molar-refractivity contribution < 1.29 is 62.9 Å². The lowest BCUT2D eigenvalue weighted by molar-refractivity contribution is -0.334. The Bertz CT molecular complexity index is 953. The molecule has 0 radical (unpaired) electrons. The van der Waals surface area contributed by atoms with Crippen LogP contribution in [0.25, 0.3) is 0 Å². The first-order valence-electron chi connectivity index (χ1n) is 16.2. The van der Waals surface area contributed by atoms with Gasteiger partial charge in [-0.15, -0.1) is 0 Å². The van der Waals surface area contributed by atoms with Gasteiger partial charge in [-0.3, -0.25) is 14.4 Å². The predicted octanol–water partition coefficient (Wildman–Crippen LogP) is -5.00. The Hall–Kier alpha value is -2.11. The molecule has 2 aliphatic rings. The summed E-state index contributed by atoms with van der Waals surface area (Å²) in [7, 11) is 1.40. The third-order valence-electron chi connectivity index (χ3n) is 7.55. The number of nitrogens with two attached hydrogens (primary N) is 3. The fourth-order valence-electron chi connectivity index (χ4n) is 5.28. The van der Waals surface area contributed by atoms with Crippen molar-refractivity contribution in [2.24, 2.45) is 23.1 Å². The Labute approximate surface area is 280 Å². The second-order valence-electron chi connectivity index (χ2n) is 11.7. The number of rotatable bonds is 22. The van der Waals surface area contributed by atoms with Gasteiger partial charge in [-0.1, -0.05) is 0 Å². The number of aliphatic hydroxyl groups excluding tert-OH is 3. The molecule has 10 atom stereocenters. The first-order valence-corrected chi connectivity index (χ1v) is 16.2. The number of hydrogen-bond donors (Lipinski definition) is 9. The molecule has 0 aromatic carbocycles. The van der Waals surface area contributed by atoms with E-state index in [1.807, 2.05) is 0 Å². The van der Waals surface area contributed by atoms with Crippen LogP contribution in [-0.2, 0) is 47.5 Å². The lowest BCUT2D eigenvalue weighted by Gasteiger charge is -2.46. The molecule has 0 unspecified atom stereocenters. The summed E-state index contributed by atoms with van der Waals surface area (Å²) in [6.07, 6.45) is -11.4. The molecular weight excluding hydrogens is 640 g/mol. The third kappa shape index (κ3) is 13.7. The summed E-state index contributed by atoms with van der Waals surface area (Å²) in [6, 6.07) is 0. The molecule has 0 aromatic heterocycles. The molecule has 12 N–H and O–H groups in total. The number of amides is 3. The Morgan fingerprint density at radius 3 is 1.77 bits per heavy atom. The average Bonchev–Trinajstić information content (AvgIpc) is 3.05. The fourth-order valence-corrected chi connectivity index (χ4v) is 5.28. The molecule has 2 aliphatic heterocycles. The SMILES string of the molecule is COC[C@H]1O[C@H](OC[C@H]2O[C@H](OC(C)C)[C@H](O)[C@@H](OCC(=O)NCCN)[C@@H]2CCC(=O)NCCN)[C@H](O)[C@@H](OCC(=O)NCCN)[C@@H]1O. The lowest BCUT2D eigenvalue weighted by Crippen LogP contribution is -2.62. The summed E-state index contributed by atoms with van der Waals surface area (Å²) in [4.78, 5) is 37.0. The number of nitrogens with one attached hydrogen (secondary N) is 3. The molecule has 0 aromatic rings. The minimum Gasteiger partial charge on any atom is -0.387 e. The van der Waals surface area contributed by atoms with Crippen molar-refractivity contribution in [1.29, 1.82) is 0 Å². The van der Waals surface area contributed by atoms with Crippen LogP contribution >= 0.6 is 0 Å². The van der Waals surface area contributed by atoms with Crippen LogP contribution in [-0.4, -0.2) is 167 Å². The molecule has 0 aliphatic carbocycles. The highest BCUT2D eigenvalue weighted by molar-refractivity contribution is 5.77. The van der Waals surface area contributed by atoms with Gasteiger partial charge in [0.25, 0.3) is 0 Å². The minimum absolute atomic E-state index is 0.00102. The van der Waals surface area contributed by atoms with Crippen LogP contribution in [0.5, 0.6) is 0 Å². The van der Waals surface area contributed by atoms with Gasteiger partial charge >= 0.3 is 0 Å². The van der Waals surface area contributed by atoms with Crippen LogP contribution in [0.2, 0.25) is 0 Å². The summed E-state index contributed by atoms with van der Waals surface area (Å²) in [5.74, 6) is -1.99. The van der Waals surface area contributed by atoms with Crippen molar-refractivity contribution in [3.63, 3.8) is 0 Å². The smallest absolute Gasteiger partial charge is 0.246 e. The molecule has 2 fully saturated rings. The average molecular weight is 697 g/mol. The van der Waals surface area contributed by atoms with Crippen molar-refractivity contribution in [2.45, 2.75) is 88.1 Å². The molecule has 2 heterocycles. The molecule has 0 bridgehead atoms. The fraction of sp³-hybridized carbons (Fsp3) is 0.897. The molecule has 2 rings (SSSR count). The monoisotopic (exact) mass is 696 g/mol. The molecule has 19 nitrogen and oxygen atoms in total. The lowest BCUT2D eigenvalue weighted by atomic mass is 9.85. The number of aliphatic hydroxyl groups is 3. The zero-order chi connectivity index (χ0) is 35.6. The van der Waals surface area contributed by atoms with Crippen LogP contribution in [0.3, 0.4) is 0 Å². The zero-order valence-corrected chi connectivity index (χ0v) is 28.0. The first kappa shape index (κ1) is 42.1. The molecular formula is C29H56N6O13. The number of ether oxygens (including phenoxy) is 7. The molecule has 48 heavy (non-hydrogen) atoms. The van der Waals surface area contributed by atoms with Crippen molar-refractivity contribution in [3.8, 4) is 0 Å². The van der Waals surface area contributed by atoms with E-state index in [4.69, 9.17) is 50.4 Å². The zero-order valence-electron chi connectivity index (χ0n) is 28.0. The van der Waals surface area contributed by atoms with Gasteiger partial charge in [-0.2, -0.15) is 0 Å². The number of methoxy groups -OCH3 is 1. The van der Waals surface area contributed by atoms with Crippen LogP contribution < -0.4 is 33.2 Å². The highest BCUT2D eigenvalue weighted by Crippen LogP contribution is 2.34. The molecule has 2 saturated heterocycles. The first-order chi connectivity index (χ1) is 23.0. The Balaban J connectivity index is 2.30. The van der Waals surface area contributed by atoms with Gasteiger partial charge in [-0.05, 0) is 20.3 Å². The molecule has 280 valence electrons. The predicted molar refractivity (Wildman–Crippen MR) is 168 cm³/mol. The van der Waals surface area contributed by atoms with E-state index in [0.29, 0.717) is 0 Å². The highest BCUT2D eigenvalue weighted by Gasteiger charge is 2.49. The maximum Gasteiger partial charge on any atom is 0.246 e. The van der Waals surface area contributed by atoms with E-state index in [1.54, 1.807) is 13.8 Å². The quantitative estimate of drug-likeness (QED) is 0.0512.